The van der Waals surface area contributed by atoms with Crippen LogP contribution in [0.25, 0.3) is 0 Å². The molecule has 72 valence electrons. The van der Waals surface area contributed by atoms with Crippen molar-refractivity contribution in [2.24, 2.45) is 0 Å². The molecule has 0 atom stereocenters. The molecule has 6 nitrogen and oxygen atoms in total. The fourth-order valence-corrected chi connectivity index (χ4v) is 1.51. The Hall–Kier alpha value is -1.14. The Morgan fingerprint density at radius 1 is 0.500 bits per heavy atom. The smallest absolute Gasteiger partial charge is 0 e. The van der Waals surface area contributed by atoms with Gasteiger partial charge in [-0.2, -0.15) is 0 Å². The summed E-state index contributed by atoms with van der Waals surface area (Å²) in [6.07, 6.45) is 0. The van der Waals surface area contributed by atoms with Crippen LogP contribution in [0.5, 0.6) is 0 Å². The third kappa shape index (κ3) is 1.27. The Kier molecular flexibility index (Phi) is 3.88. The molecule has 0 radical (unpaired) electrons. The molecule has 0 fully saturated rings. The van der Waals surface area contributed by atoms with E-state index in [1.54, 1.807) is 0 Å². The van der Waals surface area contributed by atoms with Crippen molar-refractivity contribution in [3.05, 3.63) is 0 Å². The second-order valence-electron chi connectivity index (χ2n) is 2.03. The number of carbonyl (C=O) groups excluding carboxylic acids is 6. The van der Waals surface area contributed by atoms with Gasteiger partial charge in [-0.3, -0.25) is 0 Å². The first-order chi connectivity index (χ1) is 5.97. The maximum atomic E-state index is 10.3. The van der Waals surface area contributed by atoms with Crippen LogP contribution in [0.3, 0.4) is 0 Å². The molecule has 0 aliphatic rings. The second-order valence-corrected chi connectivity index (χ2v) is 12.0. The molecule has 0 spiro atoms. The first-order valence-electron chi connectivity index (χ1n) is 2.45. The van der Waals surface area contributed by atoms with E-state index in [4.69, 9.17) is 0 Å². The van der Waals surface area contributed by atoms with Gasteiger partial charge >= 0.3 is 65.2 Å². The number of hydrogen-bond donors (Lipinski definition) is 0. The monoisotopic (exact) mass is 364 g/mol. The number of hydrogen-bond acceptors (Lipinski definition) is 6. The minimum atomic E-state index is -7.38. The molecule has 0 aromatic rings. The Morgan fingerprint density at radius 2 is 0.643 bits per heavy atom. The quantitative estimate of drug-likeness (QED) is 0.447. The second kappa shape index (κ2) is 3.54. The van der Waals surface area contributed by atoms with Crippen molar-refractivity contribution >= 4 is 25.6 Å². The minimum Gasteiger partial charge on any atom is 0 e. The van der Waals surface area contributed by atoms with Gasteiger partial charge in [0.05, 0.1) is 0 Å². The third-order valence-corrected chi connectivity index (χ3v) is 7.40. The summed E-state index contributed by atoms with van der Waals surface area (Å²) in [4.78, 5) is 61.6. The van der Waals surface area contributed by atoms with Gasteiger partial charge in [0.2, 0.25) is 0 Å². The maximum absolute atomic E-state index is 10.3. The summed E-state index contributed by atoms with van der Waals surface area (Å²) in [7, 11) is -7.38. The van der Waals surface area contributed by atoms with E-state index in [2.05, 4.69) is 0 Å². The van der Waals surface area contributed by atoms with Crippen LogP contribution < -0.4 is 0 Å². The molecule has 0 saturated heterocycles. The first-order valence-corrected chi connectivity index (χ1v) is 8.47. The molecule has 0 aromatic heterocycles. The zero-order valence-corrected chi connectivity index (χ0v) is 10.3. The van der Waals surface area contributed by atoms with Crippen molar-refractivity contribution in [2.75, 3.05) is 0 Å². The summed E-state index contributed by atoms with van der Waals surface area (Å²) in [6, 6.07) is 0. The molecule has 0 bridgehead atoms. The van der Waals surface area contributed by atoms with Crippen LogP contribution in [0, 0.1) is 0 Å². The van der Waals surface area contributed by atoms with Gasteiger partial charge in [-0.25, -0.2) is 0 Å². The molecule has 0 aliphatic heterocycles. The van der Waals surface area contributed by atoms with Crippen LogP contribution >= 0.6 is 0 Å². The van der Waals surface area contributed by atoms with Gasteiger partial charge in [0, 0.05) is 21.1 Å². The Balaban J connectivity index is 0. The van der Waals surface area contributed by atoms with Crippen molar-refractivity contribution < 1.29 is 60.6 Å². The van der Waals surface area contributed by atoms with Crippen LogP contribution in [-0.2, 0) is 60.6 Å². The average Bonchev–Trinajstić information content (AvgIpc) is 2.26. The van der Waals surface area contributed by atoms with E-state index in [1.807, 2.05) is 0 Å². The van der Waals surface area contributed by atoms with Crippen LogP contribution in [0.2, 0.25) is 0 Å². The van der Waals surface area contributed by atoms with Gasteiger partial charge in [-0.15, -0.1) is 0 Å². The Morgan fingerprint density at radius 3 is 0.643 bits per heavy atom. The first kappa shape index (κ1) is 15.3. The van der Waals surface area contributed by atoms with Crippen molar-refractivity contribution in [3.63, 3.8) is 0 Å². The molecule has 0 unspecified atom stereocenters. The zero-order valence-electron chi connectivity index (χ0n) is 6.27. The van der Waals surface area contributed by atoms with Crippen molar-refractivity contribution in [1.29, 1.82) is 0 Å². The molecular weight excluding hydrogens is 360 g/mol. The van der Waals surface area contributed by atoms with Crippen molar-refractivity contribution in [1.82, 2.24) is 0 Å². The van der Waals surface area contributed by atoms with E-state index in [9.17, 15) is 28.8 Å². The summed E-state index contributed by atoms with van der Waals surface area (Å²) in [5.41, 5.74) is 0. The molecule has 0 aromatic carbocycles. The average molecular weight is 360 g/mol. The minimum absolute atomic E-state index is 0. The van der Waals surface area contributed by atoms with Crippen LogP contribution in [0.4, 0.5) is 0 Å². The van der Waals surface area contributed by atoms with Crippen LogP contribution in [0.15, 0.2) is 0 Å². The standard InChI is InChI=1S/6CO.2Mo/c6*1-2;;. The maximum Gasteiger partial charge on any atom is 0 e. The van der Waals surface area contributed by atoms with Crippen LogP contribution in [-0.4, -0.2) is 25.6 Å². The Bertz CT molecular complexity index is 789. The summed E-state index contributed by atoms with van der Waals surface area (Å²) in [6.45, 7) is 0. The van der Waals surface area contributed by atoms with Gasteiger partial charge < -0.3 is 0 Å². The van der Waals surface area contributed by atoms with Crippen molar-refractivity contribution in [2.45, 2.75) is 0 Å². The molecule has 8 heteroatoms. The SMILES string of the molecule is O=[C]=[Mo](=[C]=O)(=[C]=O)(=[C]=O)(=[C]=O)=[C]=O.[Mo]. The van der Waals surface area contributed by atoms with E-state index in [0.29, 0.717) is 25.6 Å². The van der Waals surface area contributed by atoms with Crippen LogP contribution in [0.1, 0.15) is 0 Å². The van der Waals surface area contributed by atoms with E-state index in [-0.39, 0.29) is 21.1 Å². The summed E-state index contributed by atoms with van der Waals surface area (Å²) >= 11 is 0. The van der Waals surface area contributed by atoms with E-state index < -0.39 is 10.8 Å². The number of rotatable bonds is 0. The largest absolute Gasteiger partial charge is 0 e. The molecule has 0 saturated carbocycles. The molecule has 0 rings (SSSR count). The van der Waals surface area contributed by atoms with E-state index in [0.717, 1.165) is 0 Å². The topological polar surface area (TPSA) is 102 Å². The van der Waals surface area contributed by atoms with E-state index >= 15 is 0 Å². The molecule has 14 heavy (non-hydrogen) atoms. The normalized spacial score (nSPS) is 7.71. The molecule has 0 heterocycles. The van der Waals surface area contributed by atoms with Gasteiger partial charge in [0.15, 0.2) is 0 Å². The van der Waals surface area contributed by atoms with Crippen molar-refractivity contribution in [3.8, 4) is 0 Å². The molecular formula is C6Mo2O6. The summed E-state index contributed by atoms with van der Waals surface area (Å²) in [5, 5.41) is 0. The zero-order chi connectivity index (χ0) is 10.7. The van der Waals surface area contributed by atoms with Gasteiger partial charge in [0.25, 0.3) is 0 Å². The van der Waals surface area contributed by atoms with Gasteiger partial charge in [-0.05, 0) is 0 Å². The van der Waals surface area contributed by atoms with Gasteiger partial charge in [0.1, 0.15) is 0 Å². The molecule has 0 N–H and O–H groups in total. The predicted molar refractivity (Wildman–Crippen MR) is 34.2 cm³/mol. The Labute approximate surface area is 85.9 Å². The summed E-state index contributed by atoms with van der Waals surface area (Å²) < 4.78 is 3.07. The third-order valence-electron chi connectivity index (χ3n) is 1.25. The fraction of sp³-hybridized carbons (Fsp3) is 0. The van der Waals surface area contributed by atoms with E-state index in [1.165, 1.54) is 0 Å². The predicted octanol–water partition coefficient (Wildman–Crippen LogP) is -2.39. The summed E-state index contributed by atoms with van der Waals surface area (Å²) in [5.74, 6) is 0. The van der Waals surface area contributed by atoms with Gasteiger partial charge in [-0.1, -0.05) is 0 Å². The fourth-order valence-electron chi connectivity index (χ4n) is 0.255. The molecule has 0 aliphatic carbocycles. The molecule has 0 amide bonds.